The largest absolute Gasteiger partial charge is 0.458 e. The van der Waals surface area contributed by atoms with Gasteiger partial charge in [-0.1, -0.05) is 121 Å². The molecular formula is C72H36N4O14S4. The quantitative estimate of drug-likeness (QED) is 0.0321. The summed E-state index contributed by atoms with van der Waals surface area (Å²) in [5.41, 5.74) is -5.53. The zero-order chi connectivity index (χ0) is 65.2. The van der Waals surface area contributed by atoms with Crippen LogP contribution in [0.5, 0.6) is 11.5 Å². The number of ketones is 4. The van der Waals surface area contributed by atoms with E-state index in [0.717, 1.165) is 45.3 Å². The van der Waals surface area contributed by atoms with Crippen LogP contribution in [0.4, 0.5) is 0 Å². The summed E-state index contributed by atoms with van der Waals surface area (Å²) in [6, 6.07) is 49.5. The lowest BCUT2D eigenvalue weighted by atomic mass is 9.88. The first-order valence-corrected chi connectivity index (χ1v) is 31.6. The molecule has 22 heteroatoms. The highest BCUT2D eigenvalue weighted by molar-refractivity contribution is 7.34. The molecule has 2 aliphatic carbocycles. The predicted octanol–water partition coefficient (Wildman–Crippen LogP) is 13.0. The average Bonchev–Trinajstić information content (AvgIpc) is 1.50. The number of carbonyl (C=O) groups excluding carboxylic acids is 8. The maximum Gasteiger partial charge on any atom is 0.367 e. The minimum atomic E-state index is -2.91. The molecule has 0 unspecified atom stereocenters. The predicted molar refractivity (Wildman–Crippen MR) is 341 cm³/mol. The molecule has 94 heavy (non-hydrogen) atoms. The lowest BCUT2D eigenvalue weighted by Gasteiger charge is -2.33. The molecule has 6 heterocycles. The van der Waals surface area contributed by atoms with Gasteiger partial charge in [0, 0.05) is 32.0 Å². The Kier molecular flexibility index (Phi) is 15.0. The van der Waals surface area contributed by atoms with E-state index in [1.807, 2.05) is 24.3 Å². The molecule has 4 aliphatic rings. The van der Waals surface area contributed by atoms with Crippen LogP contribution in [0.15, 0.2) is 169 Å². The van der Waals surface area contributed by atoms with Crippen molar-refractivity contribution in [3.05, 3.63) is 257 Å². The van der Waals surface area contributed by atoms with Crippen LogP contribution in [0.25, 0.3) is 41.1 Å². The molecule has 2 aliphatic heterocycles. The van der Waals surface area contributed by atoms with Crippen molar-refractivity contribution in [1.29, 1.82) is 21.0 Å². The molecule has 4 aromatic heterocycles. The van der Waals surface area contributed by atoms with Crippen LogP contribution in [-0.2, 0) is 75.8 Å². The third-order valence-corrected chi connectivity index (χ3v) is 20.9. The van der Waals surface area contributed by atoms with Crippen molar-refractivity contribution in [2.75, 3.05) is 0 Å². The van der Waals surface area contributed by atoms with Crippen LogP contribution < -0.4 is 9.47 Å². The standard InChI is InChI=1S/C72H36N4O14S4/c73-29-41-21-47-48(22-42(41)30-74)58(78)51(57(47)77)25-45-27-53-61(91-45)63-55(71(89-53,67(81)85-33-37-13-5-1-6-14-37)68(82)86-34-38-15-7-2-8-16-38)65-66(93-63)56-64(94-65)62-54(28-46(92-62)26-52-59(79)49-23-43(31-75)44(32-76)24-50(49)60(52)80)90-72(56,69(83)87-35-39-17-9-3-10-18-39)70(84)88-36-40-19-11-4-12-20-40/h1-28H,33-36H2. The first kappa shape index (κ1) is 59.6. The summed E-state index contributed by atoms with van der Waals surface area (Å²) in [6.07, 6.45) is 2.59. The van der Waals surface area contributed by atoms with Crippen LogP contribution in [0.2, 0.25) is 0 Å². The molecule has 0 fully saturated rings. The van der Waals surface area contributed by atoms with Crippen molar-refractivity contribution in [2.24, 2.45) is 0 Å². The monoisotopic (exact) mass is 1310 g/mol. The van der Waals surface area contributed by atoms with Gasteiger partial charge in [-0.05, 0) is 70.8 Å². The summed E-state index contributed by atoms with van der Waals surface area (Å²) in [6.45, 7) is -1.54. The molecule has 0 radical (unpaired) electrons. The molecule has 0 atom stereocenters. The number of nitrogens with zero attached hydrogens (tertiary/aromatic N) is 4. The number of Topliss-reactive ketones (excluding diaryl/α,β-unsaturated/α-hetero) is 4. The van der Waals surface area contributed by atoms with Crippen molar-refractivity contribution in [3.8, 4) is 55.3 Å². The maximum atomic E-state index is 15.8. The third kappa shape index (κ3) is 9.77. The smallest absolute Gasteiger partial charge is 0.367 e. The normalized spacial score (nSPS) is 14.0. The second-order valence-corrected chi connectivity index (χ2v) is 25.7. The SMILES string of the molecule is N#Cc1cc2c(cc1C#N)C(=O)C(=Cc1cc3c(s1)-c1sc4c5c(sc4c1C(C(=O)OCc1ccccc1)(C(=O)OCc1ccccc1)O3)-c1sc(C=C3C(=O)c4cc(C#N)c(C#N)cc4C3=O)cc1OC5(C(=O)OCc1ccccc1)C(=O)OCc1ccccc1)C2=O. The van der Waals surface area contributed by atoms with Gasteiger partial charge in [-0.2, -0.15) is 21.0 Å². The number of rotatable bonds is 14. The lowest BCUT2D eigenvalue weighted by Crippen LogP contribution is -2.52. The Morgan fingerprint density at radius 1 is 0.383 bits per heavy atom. The Labute approximate surface area is 547 Å². The van der Waals surface area contributed by atoms with Crippen LogP contribution in [0.3, 0.4) is 0 Å². The number of hydrogen-bond acceptors (Lipinski definition) is 22. The number of carbonyl (C=O) groups is 8. The molecule has 0 saturated heterocycles. The van der Waals surface area contributed by atoms with Gasteiger partial charge in [0.2, 0.25) is 0 Å². The highest BCUT2D eigenvalue weighted by Crippen LogP contribution is 2.64. The summed E-state index contributed by atoms with van der Waals surface area (Å²) in [7, 11) is 0. The van der Waals surface area contributed by atoms with Crippen molar-refractivity contribution < 1.29 is 66.8 Å². The molecule has 0 bridgehead atoms. The van der Waals surface area contributed by atoms with Crippen LogP contribution in [-0.4, -0.2) is 47.0 Å². The second kappa shape index (κ2) is 23.7. The van der Waals surface area contributed by atoms with E-state index < -0.39 is 58.2 Å². The van der Waals surface area contributed by atoms with E-state index in [-0.39, 0.29) is 143 Å². The number of hydrogen-bond donors (Lipinski definition) is 0. The topological polar surface area (TPSA) is 287 Å². The van der Waals surface area contributed by atoms with Gasteiger partial charge in [0.15, 0.2) is 23.1 Å². The number of nitriles is 4. The molecule has 14 rings (SSSR count). The summed E-state index contributed by atoms with van der Waals surface area (Å²) < 4.78 is 38.5. The van der Waals surface area contributed by atoms with E-state index >= 15 is 19.2 Å². The molecule has 0 spiro atoms. The van der Waals surface area contributed by atoms with E-state index in [2.05, 4.69) is 0 Å². The maximum absolute atomic E-state index is 15.8. The van der Waals surface area contributed by atoms with Crippen LogP contribution >= 0.6 is 45.3 Å². The molecule has 0 N–H and O–H groups in total. The fraction of sp³-hybridized carbons (Fsp3) is 0.0833. The number of benzene rings is 6. The second-order valence-electron chi connectivity index (χ2n) is 21.5. The highest BCUT2D eigenvalue weighted by Gasteiger charge is 2.64. The highest BCUT2D eigenvalue weighted by atomic mass is 32.1. The molecule has 0 amide bonds. The van der Waals surface area contributed by atoms with Gasteiger partial charge in [0.05, 0.1) is 73.4 Å². The molecule has 0 saturated carbocycles. The Balaban J connectivity index is 1.01. The van der Waals surface area contributed by atoms with Gasteiger partial charge < -0.3 is 28.4 Å². The fourth-order valence-electron chi connectivity index (χ4n) is 11.4. The van der Waals surface area contributed by atoms with Crippen LogP contribution in [0.1, 0.15) is 107 Å². The number of ether oxygens (including phenoxy) is 6. The Bertz CT molecular complexity index is 4720. The van der Waals surface area contributed by atoms with E-state index in [4.69, 9.17) is 28.4 Å². The van der Waals surface area contributed by atoms with Gasteiger partial charge in [0.1, 0.15) is 62.2 Å². The van der Waals surface area contributed by atoms with E-state index in [1.54, 1.807) is 121 Å². The van der Waals surface area contributed by atoms with Gasteiger partial charge in [-0.25, -0.2) is 19.2 Å². The molecule has 6 aromatic carbocycles. The first-order valence-electron chi connectivity index (χ1n) is 28.4. The lowest BCUT2D eigenvalue weighted by molar-refractivity contribution is -0.184. The summed E-state index contributed by atoms with van der Waals surface area (Å²) in [5, 5.41) is 39.3. The summed E-state index contributed by atoms with van der Waals surface area (Å²) in [4.78, 5) is 121. The molecular weight excluding hydrogens is 1270 g/mol. The Morgan fingerprint density at radius 2 is 0.649 bits per heavy atom. The number of fused-ring (bicyclic) bond motifs is 11. The zero-order valence-corrected chi connectivity index (χ0v) is 51.4. The van der Waals surface area contributed by atoms with Crippen molar-refractivity contribution in [2.45, 2.75) is 37.6 Å². The molecule has 18 nitrogen and oxygen atoms in total. The number of allylic oxidation sites excluding steroid dienone is 2. The van der Waals surface area contributed by atoms with Crippen LogP contribution in [0, 0.1) is 45.3 Å². The molecule has 452 valence electrons. The zero-order valence-electron chi connectivity index (χ0n) is 48.1. The minimum absolute atomic E-state index is 0.0782. The first-order chi connectivity index (χ1) is 45.7. The van der Waals surface area contributed by atoms with E-state index in [0.29, 0.717) is 22.3 Å². The van der Waals surface area contributed by atoms with Crippen molar-refractivity contribution in [3.63, 3.8) is 0 Å². The summed E-state index contributed by atoms with van der Waals surface area (Å²) in [5.74, 6) is -8.23. The molecule has 10 aromatic rings. The third-order valence-electron chi connectivity index (χ3n) is 15.9. The summed E-state index contributed by atoms with van der Waals surface area (Å²) >= 11 is 3.84. The number of thiophene rings is 4. The Morgan fingerprint density at radius 3 is 0.904 bits per heavy atom. The Hall–Kier alpha value is -12.0. The fourth-order valence-corrected chi connectivity index (χ4v) is 16.8. The van der Waals surface area contributed by atoms with Gasteiger partial charge >= 0.3 is 35.1 Å². The number of esters is 4. The van der Waals surface area contributed by atoms with Gasteiger partial charge in [-0.3, -0.25) is 19.2 Å². The van der Waals surface area contributed by atoms with Crippen molar-refractivity contribution in [1.82, 2.24) is 0 Å². The van der Waals surface area contributed by atoms with E-state index in [1.165, 1.54) is 48.6 Å². The van der Waals surface area contributed by atoms with Gasteiger partial charge in [0.25, 0.3) is 0 Å². The average molecular weight is 1310 g/mol. The van der Waals surface area contributed by atoms with Gasteiger partial charge in [-0.15, -0.1) is 45.3 Å². The minimum Gasteiger partial charge on any atom is -0.458 e. The van der Waals surface area contributed by atoms with E-state index in [9.17, 15) is 40.2 Å². The van der Waals surface area contributed by atoms with Crippen molar-refractivity contribution >= 4 is 114 Å².